The van der Waals surface area contributed by atoms with E-state index < -0.39 is 6.04 Å². The van der Waals surface area contributed by atoms with E-state index in [1.807, 2.05) is 0 Å². The van der Waals surface area contributed by atoms with Crippen LogP contribution in [-0.2, 0) is 20.9 Å². The molecule has 8 nitrogen and oxygen atoms in total. The number of ether oxygens (including phenoxy) is 1. The summed E-state index contributed by atoms with van der Waals surface area (Å²) < 4.78 is 6.30. The number of hydrogen-bond acceptors (Lipinski definition) is 6. The van der Waals surface area contributed by atoms with Crippen molar-refractivity contribution >= 4 is 11.9 Å². The summed E-state index contributed by atoms with van der Waals surface area (Å²) in [5.41, 5.74) is 0. The molecule has 0 spiro atoms. The average molecular weight is 253 g/mol. The van der Waals surface area contributed by atoms with Gasteiger partial charge in [0.25, 0.3) is 0 Å². The molecule has 0 bridgehead atoms. The molecule has 1 fully saturated rings. The van der Waals surface area contributed by atoms with Crippen molar-refractivity contribution in [3.05, 3.63) is 6.33 Å². The molecule has 1 atom stereocenters. The second-order valence-electron chi connectivity index (χ2n) is 4.00. The fourth-order valence-electron chi connectivity index (χ4n) is 2.03. The van der Waals surface area contributed by atoms with Gasteiger partial charge in [-0.3, -0.25) is 4.79 Å². The van der Waals surface area contributed by atoms with Gasteiger partial charge in [-0.25, -0.2) is 9.48 Å². The monoisotopic (exact) mass is 253 g/mol. The van der Waals surface area contributed by atoms with Crippen molar-refractivity contribution in [1.29, 1.82) is 0 Å². The van der Waals surface area contributed by atoms with Crippen molar-refractivity contribution in [1.82, 2.24) is 25.1 Å². The molecule has 0 radical (unpaired) electrons. The molecule has 1 unspecified atom stereocenters. The SMILES string of the molecule is CCOC(=O)C1CCCN1C(=O)Cn1cnnn1. The first-order valence-corrected chi connectivity index (χ1v) is 5.89. The molecule has 1 aromatic rings. The van der Waals surface area contributed by atoms with Gasteiger partial charge in [-0.15, -0.1) is 5.10 Å². The highest BCUT2D eigenvalue weighted by atomic mass is 16.5. The number of nitrogens with zero attached hydrogens (tertiary/aromatic N) is 5. The van der Waals surface area contributed by atoms with E-state index in [9.17, 15) is 9.59 Å². The molecule has 2 heterocycles. The van der Waals surface area contributed by atoms with E-state index in [1.165, 1.54) is 11.0 Å². The lowest BCUT2D eigenvalue weighted by Gasteiger charge is -2.22. The quantitative estimate of drug-likeness (QED) is 0.654. The molecular formula is C10H15N5O3. The van der Waals surface area contributed by atoms with Crippen molar-refractivity contribution in [2.75, 3.05) is 13.2 Å². The number of rotatable bonds is 4. The molecule has 18 heavy (non-hydrogen) atoms. The zero-order chi connectivity index (χ0) is 13.0. The van der Waals surface area contributed by atoms with E-state index in [0.717, 1.165) is 6.42 Å². The fourth-order valence-corrected chi connectivity index (χ4v) is 2.03. The topological polar surface area (TPSA) is 90.2 Å². The highest BCUT2D eigenvalue weighted by molar-refractivity contribution is 5.85. The van der Waals surface area contributed by atoms with Gasteiger partial charge < -0.3 is 9.64 Å². The second kappa shape index (κ2) is 5.56. The minimum atomic E-state index is -0.464. The van der Waals surface area contributed by atoms with E-state index in [2.05, 4.69) is 15.5 Å². The Morgan fingerprint density at radius 3 is 3.00 bits per heavy atom. The molecule has 1 aromatic heterocycles. The maximum atomic E-state index is 12.0. The number of carbonyl (C=O) groups excluding carboxylic acids is 2. The number of aromatic nitrogens is 4. The summed E-state index contributed by atoms with van der Waals surface area (Å²) in [6.45, 7) is 2.69. The van der Waals surface area contributed by atoms with Crippen LogP contribution in [0.2, 0.25) is 0 Å². The minimum Gasteiger partial charge on any atom is -0.464 e. The molecule has 2 rings (SSSR count). The Labute approximate surface area is 104 Å². The normalized spacial score (nSPS) is 18.9. The number of amides is 1. The zero-order valence-corrected chi connectivity index (χ0v) is 10.2. The number of esters is 1. The van der Waals surface area contributed by atoms with Crippen LogP contribution in [0.1, 0.15) is 19.8 Å². The highest BCUT2D eigenvalue weighted by Gasteiger charge is 2.35. The Bertz CT molecular complexity index is 419. The first-order valence-electron chi connectivity index (χ1n) is 5.89. The largest absolute Gasteiger partial charge is 0.464 e. The van der Waals surface area contributed by atoms with E-state index in [4.69, 9.17) is 4.74 Å². The maximum absolute atomic E-state index is 12.0. The smallest absolute Gasteiger partial charge is 0.328 e. The minimum absolute atomic E-state index is 0.0445. The Hall–Kier alpha value is -1.99. The third-order valence-corrected chi connectivity index (χ3v) is 2.82. The Morgan fingerprint density at radius 2 is 2.33 bits per heavy atom. The molecule has 1 amide bonds. The molecule has 0 saturated carbocycles. The fraction of sp³-hybridized carbons (Fsp3) is 0.700. The molecule has 0 aromatic carbocycles. The van der Waals surface area contributed by atoms with Crippen LogP contribution in [0.3, 0.4) is 0 Å². The van der Waals surface area contributed by atoms with Crippen LogP contribution in [0.15, 0.2) is 6.33 Å². The first-order chi connectivity index (χ1) is 8.72. The summed E-state index contributed by atoms with van der Waals surface area (Å²) in [4.78, 5) is 25.3. The van der Waals surface area contributed by atoms with Crippen molar-refractivity contribution in [3.63, 3.8) is 0 Å². The Balaban J connectivity index is 1.98. The van der Waals surface area contributed by atoms with Gasteiger partial charge in [0.1, 0.15) is 18.9 Å². The summed E-state index contributed by atoms with van der Waals surface area (Å²) in [6, 6.07) is -0.464. The summed E-state index contributed by atoms with van der Waals surface area (Å²) in [6.07, 6.45) is 2.83. The van der Waals surface area contributed by atoms with Crippen LogP contribution in [0.4, 0.5) is 0 Å². The molecule has 8 heteroatoms. The van der Waals surface area contributed by atoms with Crippen LogP contribution in [0.25, 0.3) is 0 Å². The third kappa shape index (κ3) is 2.63. The molecule has 98 valence electrons. The second-order valence-corrected chi connectivity index (χ2v) is 4.00. The number of tetrazole rings is 1. The van der Waals surface area contributed by atoms with E-state index in [0.29, 0.717) is 19.6 Å². The lowest BCUT2D eigenvalue weighted by Crippen LogP contribution is -2.43. The van der Waals surface area contributed by atoms with E-state index in [1.54, 1.807) is 11.8 Å². The predicted octanol–water partition coefficient (Wildman–Crippen LogP) is -0.773. The number of likely N-dealkylation sites (tertiary alicyclic amines) is 1. The van der Waals surface area contributed by atoms with Crippen LogP contribution < -0.4 is 0 Å². The molecule has 1 aliphatic heterocycles. The van der Waals surface area contributed by atoms with Crippen molar-refractivity contribution in [2.24, 2.45) is 0 Å². The van der Waals surface area contributed by atoms with Gasteiger partial charge in [0.15, 0.2) is 0 Å². The molecule has 1 saturated heterocycles. The van der Waals surface area contributed by atoms with Crippen LogP contribution >= 0.6 is 0 Å². The first kappa shape index (κ1) is 12.5. The van der Waals surface area contributed by atoms with E-state index in [-0.39, 0.29) is 18.4 Å². The van der Waals surface area contributed by atoms with Crippen molar-refractivity contribution < 1.29 is 14.3 Å². The average Bonchev–Trinajstić information content (AvgIpc) is 2.99. The summed E-state index contributed by atoms with van der Waals surface area (Å²) in [5.74, 6) is -0.502. The van der Waals surface area contributed by atoms with Crippen LogP contribution in [0, 0.1) is 0 Å². The number of hydrogen-bond donors (Lipinski definition) is 0. The van der Waals surface area contributed by atoms with Crippen LogP contribution in [-0.4, -0.2) is 56.2 Å². The molecule has 1 aliphatic rings. The maximum Gasteiger partial charge on any atom is 0.328 e. The Morgan fingerprint density at radius 1 is 1.50 bits per heavy atom. The Kier molecular flexibility index (Phi) is 3.85. The van der Waals surface area contributed by atoms with Crippen LogP contribution in [0.5, 0.6) is 0 Å². The third-order valence-electron chi connectivity index (χ3n) is 2.82. The molecule has 0 N–H and O–H groups in total. The lowest BCUT2D eigenvalue weighted by molar-refractivity contribution is -0.153. The van der Waals surface area contributed by atoms with Gasteiger partial charge in [0.05, 0.1) is 6.61 Å². The van der Waals surface area contributed by atoms with Gasteiger partial charge in [-0.1, -0.05) is 0 Å². The van der Waals surface area contributed by atoms with Gasteiger partial charge in [-0.05, 0) is 30.2 Å². The van der Waals surface area contributed by atoms with Crippen molar-refractivity contribution in [3.8, 4) is 0 Å². The number of carbonyl (C=O) groups is 2. The van der Waals surface area contributed by atoms with Gasteiger partial charge in [0, 0.05) is 6.54 Å². The van der Waals surface area contributed by atoms with Gasteiger partial charge in [0.2, 0.25) is 5.91 Å². The lowest BCUT2D eigenvalue weighted by atomic mass is 10.2. The van der Waals surface area contributed by atoms with Crippen molar-refractivity contribution in [2.45, 2.75) is 32.4 Å². The zero-order valence-electron chi connectivity index (χ0n) is 10.2. The summed E-state index contributed by atoms with van der Waals surface area (Å²) >= 11 is 0. The molecular weight excluding hydrogens is 238 g/mol. The summed E-state index contributed by atoms with van der Waals surface area (Å²) in [5, 5.41) is 10.5. The van der Waals surface area contributed by atoms with Gasteiger partial charge in [-0.2, -0.15) is 0 Å². The highest BCUT2D eigenvalue weighted by Crippen LogP contribution is 2.18. The van der Waals surface area contributed by atoms with Gasteiger partial charge >= 0.3 is 5.97 Å². The molecule has 0 aliphatic carbocycles. The summed E-state index contributed by atoms with van der Waals surface area (Å²) in [7, 11) is 0. The standard InChI is InChI=1S/C10H15N5O3/c1-2-18-10(17)8-4-3-5-15(8)9(16)6-14-7-11-12-13-14/h7-8H,2-6H2,1H3. The predicted molar refractivity (Wildman–Crippen MR) is 59.2 cm³/mol. The van der Waals surface area contributed by atoms with E-state index >= 15 is 0 Å².